The summed E-state index contributed by atoms with van der Waals surface area (Å²) in [6, 6.07) is 9.67. The maximum absolute atomic E-state index is 11.9. The fourth-order valence-electron chi connectivity index (χ4n) is 1.97. The number of nitrogens with one attached hydrogen (secondary N) is 1. The van der Waals surface area contributed by atoms with Gasteiger partial charge in [-0.05, 0) is 48.9 Å². The van der Waals surface area contributed by atoms with Crippen LogP contribution in [0.3, 0.4) is 0 Å². The number of hydrogen-bond donors (Lipinski definition) is 1. The van der Waals surface area contributed by atoms with Crippen molar-refractivity contribution in [2.24, 2.45) is 0 Å². The lowest BCUT2D eigenvalue weighted by Crippen LogP contribution is -2.11. The van der Waals surface area contributed by atoms with Crippen LogP contribution in [0.5, 0.6) is 11.5 Å². The van der Waals surface area contributed by atoms with Crippen molar-refractivity contribution in [3.63, 3.8) is 0 Å². The monoisotopic (exact) mass is 379 g/mol. The van der Waals surface area contributed by atoms with E-state index < -0.39 is 11.9 Å². The Kier molecular flexibility index (Phi) is 6.44. The predicted octanol–water partition coefficient (Wildman–Crippen LogP) is 4.41. The van der Waals surface area contributed by atoms with Crippen molar-refractivity contribution >= 4 is 40.8 Å². The highest BCUT2D eigenvalue weighted by molar-refractivity contribution is 6.31. The third-order valence-corrected chi connectivity index (χ3v) is 3.61. The number of aryl methyl sites for hydroxylation is 1. The molecule has 0 aromatic heterocycles. The molecule has 2 rings (SSSR count). The van der Waals surface area contributed by atoms with Crippen molar-refractivity contribution in [1.82, 2.24) is 0 Å². The average molecular weight is 380 g/mol. The first-order valence-electron chi connectivity index (χ1n) is 7.19. The zero-order valence-corrected chi connectivity index (χ0v) is 15.0. The molecule has 0 heterocycles. The Morgan fingerprint density at radius 1 is 1.00 bits per heavy atom. The normalized spacial score (nSPS) is 10.6. The standard InChI is InChI=1S/C18H15Cl2NO4/c1-11-9-12(19)3-5-15(11)25-18(23)8-7-17(22)21-14-10-13(20)4-6-16(14)24-2/h3-10H,1-2H3,(H,21,22)/b8-7+. The SMILES string of the molecule is COc1ccc(Cl)cc1NC(=O)/C=C/C(=O)Oc1ccc(Cl)cc1C. The van der Waals surface area contributed by atoms with Crippen molar-refractivity contribution in [3.05, 3.63) is 64.2 Å². The van der Waals surface area contributed by atoms with Gasteiger partial charge in [0, 0.05) is 22.2 Å². The molecule has 1 N–H and O–H groups in total. The fraction of sp³-hybridized carbons (Fsp3) is 0.111. The molecule has 0 spiro atoms. The lowest BCUT2D eigenvalue weighted by atomic mass is 10.2. The number of carbonyl (C=O) groups excluding carboxylic acids is 2. The van der Waals surface area contributed by atoms with Gasteiger partial charge < -0.3 is 14.8 Å². The summed E-state index contributed by atoms with van der Waals surface area (Å²) in [7, 11) is 1.47. The van der Waals surface area contributed by atoms with Crippen molar-refractivity contribution in [1.29, 1.82) is 0 Å². The Hall–Kier alpha value is -2.50. The Bertz CT molecular complexity index is 834. The Morgan fingerprint density at radius 2 is 1.64 bits per heavy atom. The molecule has 0 radical (unpaired) electrons. The number of carbonyl (C=O) groups is 2. The van der Waals surface area contributed by atoms with Crippen molar-refractivity contribution in [2.45, 2.75) is 6.92 Å². The molecule has 0 unspecified atom stereocenters. The summed E-state index contributed by atoms with van der Waals surface area (Å²) < 4.78 is 10.3. The molecule has 0 aliphatic heterocycles. The minimum atomic E-state index is -0.682. The van der Waals surface area contributed by atoms with Gasteiger partial charge in [-0.3, -0.25) is 4.79 Å². The number of hydrogen-bond acceptors (Lipinski definition) is 4. The van der Waals surface area contributed by atoms with Crippen molar-refractivity contribution < 1.29 is 19.1 Å². The molecular weight excluding hydrogens is 365 g/mol. The minimum absolute atomic E-state index is 0.371. The first-order valence-corrected chi connectivity index (χ1v) is 7.95. The number of anilines is 1. The van der Waals surface area contributed by atoms with E-state index in [1.165, 1.54) is 7.11 Å². The maximum Gasteiger partial charge on any atom is 0.336 e. The zero-order chi connectivity index (χ0) is 18.4. The lowest BCUT2D eigenvalue weighted by molar-refractivity contribution is -0.129. The first kappa shape index (κ1) is 18.8. The summed E-state index contributed by atoms with van der Waals surface area (Å²) in [5, 5.41) is 3.57. The van der Waals surface area contributed by atoms with E-state index >= 15 is 0 Å². The largest absolute Gasteiger partial charge is 0.495 e. The highest BCUT2D eigenvalue weighted by Gasteiger charge is 2.08. The zero-order valence-electron chi connectivity index (χ0n) is 13.5. The highest BCUT2D eigenvalue weighted by atomic mass is 35.5. The first-order chi connectivity index (χ1) is 11.9. The molecule has 130 valence electrons. The van der Waals surface area contributed by atoms with Gasteiger partial charge in [0.15, 0.2) is 0 Å². The summed E-state index contributed by atoms with van der Waals surface area (Å²) >= 11 is 11.7. The van der Waals surface area contributed by atoms with Gasteiger partial charge in [0.2, 0.25) is 5.91 Å². The van der Waals surface area contributed by atoms with Gasteiger partial charge in [-0.2, -0.15) is 0 Å². The molecule has 0 saturated carbocycles. The second kappa shape index (κ2) is 8.55. The lowest BCUT2D eigenvalue weighted by Gasteiger charge is -2.09. The molecule has 2 aromatic carbocycles. The molecular formula is C18H15Cl2NO4. The van der Waals surface area contributed by atoms with Crippen LogP contribution in [-0.4, -0.2) is 19.0 Å². The van der Waals surface area contributed by atoms with Gasteiger partial charge in [-0.25, -0.2) is 4.79 Å². The molecule has 0 fully saturated rings. The minimum Gasteiger partial charge on any atom is -0.495 e. The smallest absolute Gasteiger partial charge is 0.336 e. The summed E-state index contributed by atoms with van der Waals surface area (Å²) in [5.74, 6) is -0.384. The predicted molar refractivity (Wildman–Crippen MR) is 97.6 cm³/mol. The van der Waals surface area contributed by atoms with Gasteiger partial charge >= 0.3 is 5.97 Å². The number of methoxy groups -OCH3 is 1. The summed E-state index contributed by atoms with van der Waals surface area (Å²) in [6.07, 6.45) is 2.09. The topological polar surface area (TPSA) is 64.6 Å². The van der Waals surface area contributed by atoms with E-state index in [4.69, 9.17) is 32.7 Å². The Morgan fingerprint density at radius 3 is 2.28 bits per heavy atom. The van der Waals surface area contributed by atoms with Gasteiger partial charge in [-0.1, -0.05) is 23.2 Å². The molecule has 2 aromatic rings. The van der Waals surface area contributed by atoms with E-state index in [1.807, 2.05) is 0 Å². The quantitative estimate of drug-likeness (QED) is 0.474. The van der Waals surface area contributed by atoms with E-state index in [2.05, 4.69) is 5.32 Å². The molecule has 1 amide bonds. The van der Waals surface area contributed by atoms with Crippen LogP contribution in [-0.2, 0) is 9.59 Å². The van der Waals surface area contributed by atoms with Crippen LogP contribution in [0, 0.1) is 6.92 Å². The van der Waals surface area contributed by atoms with Crippen LogP contribution in [0.4, 0.5) is 5.69 Å². The third kappa shape index (κ3) is 5.52. The second-order valence-corrected chi connectivity index (χ2v) is 5.87. The van der Waals surface area contributed by atoms with E-state index in [1.54, 1.807) is 43.3 Å². The van der Waals surface area contributed by atoms with Gasteiger partial charge in [0.1, 0.15) is 11.5 Å². The highest BCUT2D eigenvalue weighted by Crippen LogP contribution is 2.27. The van der Waals surface area contributed by atoms with Crippen LogP contribution < -0.4 is 14.8 Å². The summed E-state index contributed by atoms with van der Waals surface area (Å²) in [4.78, 5) is 23.8. The van der Waals surface area contributed by atoms with Crippen LogP contribution in [0.2, 0.25) is 10.0 Å². The van der Waals surface area contributed by atoms with Crippen molar-refractivity contribution in [3.8, 4) is 11.5 Å². The molecule has 0 aliphatic rings. The van der Waals surface area contributed by atoms with Crippen LogP contribution in [0.15, 0.2) is 48.6 Å². The molecule has 7 heteroatoms. The third-order valence-electron chi connectivity index (χ3n) is 3.14. The average Bonchev–Trinajstić information content (AvgIpc) is 2.56. The van der Waals surface area contributed by atoms with E-state index in [-0.39, 0.29) is 0 Å². The number of benzene rings is 2. The van der Waals surface area contributed by atoms with E-state index in [0.29, 0.717) is 32.8 Å². The molecule has 25 heavy (non-hydrogen) atoms. The van der Waals surface area contributed by atoms with Crippen LogP contribution in [0.1, 0.15) is 5.56 Å². The number of amides is 1. The number of ether oxygens (including phenoxy) is 2. The fourth-order valence-corrected chi connectivity index (χ4v) is 2.36. The number of halogens is 2. The second-order valence-electron chi connectivity index (χ2n) is 5.00. The summed E-state index contributed by atoms with van der Waals surface area (Å²) in [5.41, 5.74) is 1.11. The van der Waals surface area contributed by atoms with Crippen LogP contribution >= 0.6 is 23.2 Å². The number of rotatable bonds is 5. The van der Waals surface area contributed by atoms with Crippen molar-refractivity contribution in [2.75, 3.05) is 12.4 Å². The van der Waals surface area contributed by atoms with Crippen LogP contribution in [0.25, 0.3) is 0 Å². The van der Waals surface area contributed by atoms with E-state index in [9.17, 15) is 9.59 Å². The van der Waals surface area contributed by atoms with E-state index in [0.717, 1.165) is 12.2 Å². The molecule has 0 aliphatic carbocycles. The maximum atomic E-state index is 11.9. The molecule has 0 atom stereocenters. The van der Waals surface area contributed by atoms with Gasteiger partial charge in [-0.15, -0.1) is 0 Å². The van der Waals surface area contributed by atoms with Gasteiger partial charge in [0.05, 0.1) is 12.8 Å². The number of esters is 1. The molecule has 0 bridgehead atoms. The summed E-state index contributed by atoms with van der Waals surface area (Å²) in [6.45, 7) is 1.76. The molecule has 5 nitrogen and oxygen atoms in total. The van der Waals surface area contributed by atoms with Gasteiger partial charge in [0.25, 0.3) is 0 Å². The Labute approximate surface area is 155 Å². The Balaban J connectivity index is 2.00. The molecule has 0 saturated heterocycles.